The van der Waals surface area contributed by atoms with Crippen LogP contribution in [0.25, 0.3) is 0 Å². The van der Waals surface area contributed by atoms with Gasteiger partial charge in [-0.3, -0.25) is 9.80 Å². The summed E-state index contributed by atoms with van der Waals surface area (Å²) in [6.07, 6.45) is 9.85. The largest absolute Gasteiger partial charge is 0.377 e. The number of carbonyl (C=O) groups is 2. The molecule has 0 spiro atoms. The van der Waals surface area contributed by atoms with Crippen LogP contribution in [-0.2, 0) is 33.3 Å². The Balaban J connectivity index is 1.74. The monoisotopic (exact) mass is 516 g/mol. The van der Waals surface area contributed by atoms with Crippen LogP contribution in [0.2, 0.25) is 0 Å². The number of unbranched alkanes of at least 4 members (excludes halogenated alkanes) is 6. The summed E-state index contributed by atoms with van der Waals surface area (Å²) in [6, 6.07) is 0.309. The van der Waals surface area contributed by atoms with Crippen LogP contribution in [0.5, 0.6) is 0 Å². The average molecular weight is 517 g/mol. The van der Waals surface area contributed by atoms with Crippen molar-refractivity contribution in [3.8, 4) is 0 Å². The van der Waals surface area contributed by atoms with Crippen LogP contribution in [0.3, 0.4) is 0 Å². The highest BCUT2D eigenvalue weighted by Crippen LogP contribution is 2.16. The van der Waals surface area contributed by atoms with E-state index in [2.05, 4.69) is 15.7 Å². The maximum absolute atomic E-state index is 10.7. The highest BCUT2D eigenvalue weighted by Gasteiger charge is 2.18. The van der Waals surface area contributed by atoms with Crippen molar-refractivity contribution >= 4 is 12.2 Å². The average Bonchev–Trinajstić information content (AvgIpc) is 3.32. The molecule has 1 aliphatic heterocycles. The minimum atomic E-state index is -0.0551. The zero-order chi connectivity index (χ0) is 25.9. The van der Waals surface area contributed by atoms with Gasteiger partial charge >= 0.3 is 0 Å². The Hall–Kier alpha value is -1.66. The van der Waals surface area contributed by atoms with Gasteiger partial charge in [0.1, 0.15) is 6.29 Å². The molecule has 210 valence electrons. The Labute approximate surface area is 216 Å². The van der Waals surface area contributed by atoms with E-state index >= 15 is 0 Å². The van der Waals surface area contributed by atoms with Gasteiger partial charge in [-0.2, -0.15) is 5.11 Å². The van der Waals surface area contributed by atoms with Crippen LogP contribution in [0.15, 0.2) is 10.3 Å². The van der Waals surface area contributed by atoms with Crippen LogP contribution >= 0.6 is 0 Å². The maximum Gasteiger partial charge on any atom is 0.216 e. The molecule has 0 aromatic heterocycles. The number of ether oxygens (including phenoxy) is 5. The van der Waals surface area contributed by atoms with Crippen molar-refractivity contribution in [1.82, 2.24) is 10.3 Å². The fraction of sp³-hybridized carbons (Fsp3) is 0.920. The lowest BCUT2D eigenvalue weighted by molar-refractivity contribution is -0.119. The molecule has 1 unspecified atom stereocenters. The lowest BCUT2D eigenvalue weighted by atomic mass is 10.1. The van der Waals surface area contributed by atoms with E-state index in [1.165, 1.54) is 32.6 Å². The van der Waals surface area contributed by atoms with Gasteiger partial charge in [0.25, 0.3) is 0 Å². The molecule has 0 aromatic carbocycles. The zero-order valence-electron chi connectivity index (χ0n) is 22.2. The molecule has 0 saturated carbocycles. The molecule has 1 amide bonds. The zero-order valence-corrected chi connectivity index (χ0v) is 22.2. The summed E-state index contributed by atoms with van der Waals surface area (Å²) in [5, 5.41) is 13.3. The predicted molar refractivity (Wildman–Crippen MR) is 136 cm³/mol. The topological polar surface area (TPSA) is 120 Å². The fourth-order valence-electron chi connectivity index (χ4n) is 3.51. The summed E-state index contributed by atoms with van der Waals surface area (Å²) >= 11 is 0. The Bertz CT molecular complexity index is 555. The lowest BCUT2D eigenvalue weighted by Gasteiger charge is -2.14. The second-order valence-corrected chi connectivity index (χ2v) is 8.68. The minimum Gasteiger partial charge on any atom is -0.377 e. The predicted octanol–water partition coefficient (Wildman–Crippen LogP) is 2.58. The minimum absolute atomic E-state index is 0.0551. The van der Waals surface area contributed by atoms with Gasteiger partial charge in [0.05, 0.1) is 85.2 Å². The summed E-state index contributed by atoms with van der Waals surface area (Å²) in [5.74, 6) is -0.0551. The third-order valence-corrected chi connectivity index (χ3v) is 5.47. The number of hydrogen-bond acceptors (Lipinski definition) is 10. The summed E-state index contributed by atoms with van der Waals surface area (Å²) in [6.45, 7) is 8.87. The molecule has 1 rings (SSSR count). The molecule has 1 atom stereocenters. The first kappa shape index (κ1) is 32.4. The molecule has 11 nitrogen and oxygen atoms in total. The van der Waals surface area contributed by atoms with Gasteiger partial charge in [0.2, 0.25) is 5.91 Å². The summed E-state index contributed by atoms with van der Waals surface area (Å²) in [7, 11) is 0. The molecule has 1 heterocycles. The number of carbonyl (C=O) groups excluding carboxylic acids is 2. The van der Waals surface area contributed by atoms with Crippen LogP contribution in [0.1, 0.15) is 58.3 Å². The first-order valence-electron chi connectivity index (χ1n) is 13.4. The van der Waals surface area contributed by atoms with Crippen molar-refractivity contribution < 1.29 is 33.3 Å². The summed E-state index contributed by atoms with van der Waals surface area (Å²) in [4.78, 5) is 21.0. The number of rotatable bonds is 27. The highest BCUT2D eigenvalue weighted by molar-refractivity contribution is 5.72. The lowest BCUT2D eigenvalue weighted by Crippen LogP contribution is -2.25. The number of hydrogen-bond donors (Lipinski definition) is 1. The van der Waals surface area contributed by atoms with Crippen molar-refractivity contribution in [3.63, 3.8) is 0 Å². The summed E-state index contributed by atoms with van der Waals surface area (Å²) in [5.41, 5.74) is 0. The van der Waals surface area contributed by atoms with E-state index in [1.54, 1.807) is 0 Å². The molecule has 11 heteroatoms. The molecule has 0 bridgehead atoms. The van der Waals surface area contributed by atoms with E-state index in [0.717, 1.165) is 38.6 Å². The van der Waals surface area contributed by atoms with Crippen molar-refractivity contribution in [2.75, 3.05) is 85.7 Å². The Morgan fingerprint density at radius 1 is 0.806 bits per heavy atom. The Kier molecular flexibility index (Phi) is 22.5. The molecule has 0 saturated heterocycles. The fourth-order valence-corrected chi connectivity index (χ4v) is 3.51. The van der Waals surface area contributed by atoms with Gasteiger partial charge in [0, 0.05) is 19.9 Å². The third kappa shape index (κ3) is 21.6. The van der Waals surface area contributed by atoms with Gasteiger partial charge in [-0.1, -0.05) is 37.3 Å². The molecular formula is C25H48N4O7. The van der Waals surface area contributed by atoms with Gasteiger partial charge in [-0.05, 0) is 12.8 Å². The number of nitrogens with one attached hydrogen (secondary N) is 1. The number of amides is 1. The van der Waals surface area contributed by atoms with Crippen molar-refractivity contribution in [3.05, 3.63) is 0 Å². The van der Waals surface area contributed by atoms with Crippen LogP contribution < -0.4 is 5.32 Å². The molecule has 0 aliphatic carbocycles. The van der Waals surface area contributed by atoms with Gasteiger partial charge in [0.15, 0.2) is 0 Å². The Morgan fingerprint density at radius 3 is 1.92 bits per heavy atom. The second kappa shape index (κ2) is 25.0. The quantitative estimate of drug-likeness (QED) is 0.131. The standard InChI is InChI=1S/C25H48N4O7/c1-24(31)26-10-13-32-15-17-34-19-21-36-22-20-35-18-16-33-14-11-29-23-25(27-28-29)9-7-5-3-2-4-6-8-12-30/h12,25H,2-11,13-23H2,1H3,(H,26,31). The highest BCUT2D eigenvalue weighted by atomic mass is 16.6. The normalized spacial score (nSPS) is 15.0. The van der Waals surface area contributed by atoms with Crippen molar-refractivity contribution in [2.24, 2.45) is 10.3 Å². The number of aldehydes is 1. The van der Waals surface area contributed by atoms with Gasteiger partial charge < -0.3 is 33.8 Å². The van der Waals surface area contributed by atoms with E-state index in [-0.39, 0.29) is 5.91 Å². The molecule has 0 radical (unpaired) electrons. The first-order valence-corrected chi connectivity index (χ1v) is 13.4. The second-order valence-electron chi connectivity index (χ2n) is 8.68. The molecule has 36 heavy (non-hydrogen) atoms. The van der Waals surface area contributed by atoms with E-state index in [0.29, 0.717) is 85.1 Å². The van der Waals surface area contributed by atoms with Gasteiger partial charge in [-0.15, -0.1) is 0 Å². The van der Waals surface area contributed by atoms with E-state index in [9.17, 15) is 9.59 Å². The van der Waals surface area contributed by atoms with Crippen LogP contribution in [-0.4, -0.2) is 109 Å². The first-order chi connectivity index (χ1) is 17.7. The number of nitrogens with zero attached hydrogens (tertiary/aromatic N) is 3. The van der Waals surface area contributed by atoms with Crippen molar-refractivity contribution in [2.45, 2.75) is 64.3 Å². The van der Waals surface area contributed by atoms with Gasteiger partial charge in [-0.25, -0.2) is 0 Å². The van der Waals surface area contributed by atoms with E-state index in [1.807, 2.05) is 5.01 Å². The smallest absolute Gasteiger partial charge is 0.216 e. The van der Waals surface area contributed by atoms with Crippen molar-refractivity contribution in [1.29, 1.82) is 0 Å². The van der Waals surface area contributed by atoms with Crippen LogP contribution in [0.4, 0.5) is 0 Å². The van der Waals surface area contributed by atoms with Crippen LogP contribution in [0, 0.1) is 0 Å². The maximum atomic E-state index is 10.7. The SMILES string of the molecule is CC(=O)NCCOCCOCCOCCOCCOCCN1CC(CCCCCCCCC=O)N=N1. The molecule has 0 aromatic rings. The third-order valence-electron chi connectivity index (χ3n) is 5.47. The Morgan fingerprint density at radius 2 is 1.33 bits per heavy atom. The molecule has 1 N–H and O–H groups in total. The molecule has 0 fully saturated rings. The van der Waals surface area contributed by atoms with E-state index in [4.69, 9.17) is 23.7 Å². The summed E-state index contributed by atoms with van der Waals surface area (Å²) < 4.78 is 27.3. The molecular weight excluding hydrogens is 468 g/mol. The molecule has 1 aliphatic rings. The van der Waals surface area contributed by atoms with E-state index < -0.39 is 0 Å².